The van der Waals surface area contributed by atoms with Gasteiger partial charge in [0.25, 0.3) is 0 Å². The number of carbonyl (C=O) groups excluding carboxylic acids is 1. The first-order valence-electron chi connectivity index (χ1n) is 5.59. The fourth-order valence-corrected chi connectivity index (χ4v) is 1.43. The van der Waals surface area contributed by atoms with E-state index in [1.165, 1.54) is 6.08 Å². The molecule has 0 aliphatic heterocycles. The second kappa shape index (κ2) is 6.58. The topological polar surface area (TPSA) is 64.3 Å². The van der Waals surface area contributed by atoms with E-state index in [0.717, 1.165) is 5.56 Å². The van der Waals surface area contributed by atoms with E-state index < -0.39 is 5.97 Å². The van der Waals surface area contributed by atoms with Gasteiger partial charge >= 0.3 is 5.97 Å². The standard InChI is InChI=1S/C13H18N2O2/c1-3-17-13(16)9-12(14)15-10(2)11-7-5-4-6-8-11/h4-10,15H,3,14H2,1-2H3/b12-9+/t10-/m1/s1. The molecule has 0 aliphatic carbocycles. The van der Waals surface area contributed by atoms with Crippen LogP contribution in [0.15, 0.2) is 42.2 Å². The molecule has 0 amide bonds. The Morgan fingerprint density at radius 1 is 1.47 bits per heavy atom. The lowest BCUT2D eigenvalue weighted by Crippen LogP contribution is -2.24. The van der Waals surface area contributed by atoms with E-state index in [-0.39, 0.29) is 6.04 Å². The maximum absolute atomic E-state index is 11.2. The van der Waals surface area contributed by atoms with E-state index in [4.69, 9.17) is 10.5 Å². The zero-order valence-electron chi connectivity index (χ0n) is 10.1. The minimum absolute atomic E-state index is 0.0434. The molecule has 92 valence electrons. The average Bonchev–Trinajstić information content (AvgIpc) is 2.30. The first-order valence-corrected chi connectivity index (χ1v) is 5.59. The lowest BCUT2D eigenvalue weighted by molar-refractivity contribution is -0.137. The Labute approximate surface area is 101 Å². The first kappa shape index (κ1) is 13.1. The predicted octanol–water partition coefficient (Wildman–Crippen LogP) is 1.70. The molecular formula is C13H18N2O2. The van der Waals surface area contributed by atoms with Crippen molar-refractivity contribution < 1.29 is 9.53 Å². The van der Waals surface area contributed by atoms with Crippen molar-refractivity contribution >= 4 is 5.97 Å². The number of esters is 1. The maximum atomic E-state index is 11.2. The van der Waals surface area contributed by atoms with Crippen LogP contribution in [0.1, 0.15) is 25.5 Å². The van der Waals surface area contributed by atoms with Gasteiger partial charge in [-0.2, -0.15) is 0 Å². The molecule has 0 unspecified atom stereocenters. The number of hydrogen-bond donors (Lipinski definition) is 2. The van der Waals surface area contributed by atoms with Gasteiger partial charge in [0, 0.05) is 6.04 Å². The fraction of sp³-hybridized carbons (Fsp3) is 0.308. The minimum Gasteiger partial charge on any atom is -0.463 e. The summed E-state index contributed by atoms with van der Waals surface area (Å²) in [6, 6.07) is 9.90. The van der Waals surface area contributed by atoms with Gasteiger partial charge in [0.2, 0.25) is 0 Å². The van der Waals surface area contributed by atoms with Crippen LogP contribution in [0.25, 0.3) is 0 Å². The molecule has 17 heavy (non-hydrogen) atoms. The summed E-state index contributed by atoms with van der Waals surface area (Å²) < 4.78 is 4.76. The van der Waals surface area contributed by atoms with Crippen molar-refractivity contribution in [2.24, 2.45) is 5.73 Å². The van der Waals surface area contributed by atoms with Gasteiger partial charge in [-0.15, -0.1) is 0 Å². The molecular weight excluding hydrogens is 216 g/mol. The van der Waals surface area contributed by atoms with Crippen molar-refractivity contribution in [3.8, 4) is 0 Å². The van der Waals surface area contributed by atoms with Crippen molar-refractivity contribution in [3.63, 3.8) is 0 Å². The van der Waals surface area contributed by atoms with E-state index >= 15 is 0 Å². The summed E-state index contributed by atoms with van der Waals surface area (Å²) in [4.78, 5) is 11.2. The fourth-order valence-electron chi connectivity index (χ4n) is 1.43. The summed E-state index contributed by atoms with van der Waals surface area (Å²) in [5, 5.41) is 3.02. The highest BCUT2D eigenvalue weighted by Crippen LogP contribution is 2.11. The van der Waals surface area contributed by atoms with Crippen LogP contribution in [-0.2, 0) is 9.53 Å². The molecule has 0 fully saturated rings. The molecule has 1 atom stereocenters. The van der Waals surface area contributed by atoms with Crippen molar-refractivity contribution in [3.05, 3.63) is 47.8 Å². The molecule has 3 N–H and O–H groups in total. The summed E-state index contributed by atoms with van der Waals surface area (Å²) in [5.74, 6) is -0.127. The van der Waals surface area contributed by atoms with E-state index in [0.29, 0.717) is 12.4 Å². The third kappa shape index (κ3) is 4.59. The zero-order valence-corrected chi connectivity index (χ0v) is 10.1. The number of benzene rings is 1. The lowest BCUT2D eigenvalue weighted by Gasteiger charge is -2.15. The van der Waals surface area contributed by atoms with Gasteiger partial charge in [0.05, 0.1) is 12.7 Å². The molecule has 0 saturated carbocycles. The molecule has 0 spiro atoms. The van der Waals surface area contributed by atoms with E-state index in [1.807, 2.05) is 37.3 Å². The number of nitrogens with two attached hydrogens (primary N) is 1. The Bertz CT molecular complexity index is 388. The Hall–Kier alpha value is -1.97. The number of nitrogens with one attached hydrogen (secondary N) is 1. The number of rotatable bonds is 5. The predicted molar refractivity (Wildman–Crippen MR) is 66.9 cm³/mol. The Morgan fingerprint density at radius 3 is 2.71 bits per heavy atom. The maximum Gasteiger partial charge on any atom is 0.334 e. The molecule has 1 aromatic carbocycles. The van der Waals surface area contributed by atoms with E-state index in [2.05, 4.69) is 5.32 Å². The molecule has 0 bridgehead atoms. The van der Waals surface area contributed by atoms with Crippen LogP contribution in [0, 0.1) is 0 Å². The third-order valence-corrected chi connectivity index (χ3v) is 2.24. The molecule has 0 heterocycles. The number of hydrogen-bond acceptors (Lipinski definition) is 4. The summed E-state index contributed by atoms with van der Waals surface area (Å²) >= 11 is 0. The van der Waals surface area contributed by atoms with Crippen molar-refractivity contribution in [2.45, 2.75) is 19.9 Å². The number of carbonyl (C=O) groups is 1. The summed E-state index contributed by atoms with van der Waals surface area (Å²) in [6.45, 7) is 4.07. The highest BCUT2D eigenvalue weighted by atomic mass is 16.5. The lowest BCUT2D eigenvalue weighted by atomic mass is 10.1. The Morgan fingerprint density at radius 2 is 2.12 bits per heavy atom. The largest absolute Gasteiger partial charge is 0.463 e. The smallest absolute Gasteiger partial charge is 0.334 e. The molecule has 1 aromatic rings. The van der Waals surface area contributed by atoms with Crippen LogP contribution < -0.4 is 11.1 Å². The Kier molecular flexibility index (Phi) is 5.07. The molecule has 0 aromatic heterocycles. The van der Waals surface area contributed by atoms with Crippen LogP contribution in [0.5, 0.6) is 0 Å². The normalized spacial score (nSPS) is 12.9. The van der Waals surface area contributed by atoms with Gasteiger partial charge in [0.1, 0.15) is 5.82 Å². The van der Waals surface area contributed by atoms with Gasteiger partial charge in [-0.1, -0.05) is 30.3 Å². The molecule has 4 nitrogen and oxygen atoms in total. The molecule has 4 heteroatoms. The van der Waals surface area contributed by atoms with Crippen molar-refractivity contribution in [1.29, 1.82) is 0 Å². The summed E-state index contributed by atoms with van der Waals surface area (Å²) in [6.07, 6.45) is 1.25. The van der Waals surface area contributed by atoms with Crippen molar-refractivity contribution in [1.82, 2.24) is 5.32 Å². The Balaban J connectivity index is 2.57. The highest BCUT2D eigenvalue weighted by molar-refractivity contribution is 5.82. The second-order valence-electron chi connectivity index (χ2n) is 3.63. The molecule has 0 radical (unpaired) electrons. The first-order chi connectivity index (χ1) is 8.13. The molecule has 0 saturated heterocycles. The van der Waals surface area contributed by atoms with Crippen LogP contribution in [0.3, 0.4) is 0 Å². The quantitative estimate of drug-likeness (QED) is 0.601. The summed E-state index contributed by atoms with van der Waals surface area (Å²) in [5.41, 5.74) is 6.80. The van der Waals surface area contributed by atoms with E-state index in [1.54, 1.807) is 6.92 Å². The SMILES string of the molecule is CCOC(=O)/C=C(\N)N[C@H](C)c1ccccc1. The van der Waals surface area contributed by atoms with Gasteiger partial charge in [-0.3, -0.25) is 0 Å². The third-order valence-electron chi connectivity index (χ3n) is 2.24. The highest BCUT2D eigenvalue weighted by Gasteiger charge is 2.05. The second-order valence-corrected chi connectivity index (χ2v) is 3.63. The van der Waals surface area contributed by atoms with Crippen LogP contribution in [0.4, 0.5) is 0 Å². The summed E-state index contributed by atoms with van der Waals surface area (Å²) in [7, 11) is 0. The van der Waals surface area contributed by atoms with Gasteiger partial charge in [-0.05, 0) is 19.4 Å². The number of ether oxygens (including phenoxy) is 1. The van der Waals surface area contributed by atoms with Crippen molar-refractivity contribution in [2.75, 3.05) is 6.61 Å². The van der Waals surface area contributed by atoms with E-state index in [9.17, 15) is 4.79 Å². The van der Waals surface area contributed by atoms with Gasteiger partial charge in [-0.25, -0.2) is 4.79 Å². The monoisotopic (exact) mass is 234 g/mol. The average molecular weight is 234 g/mol. The van der Waals surface area contributed by atoms with Crippen LogP contribution in [0.2, 0.25) is 0 Å². The van der Waals surface area contributed by atoms with Crippen LogP contribution >= 0.6 is 0 Å². The van der Waals surface area contributed by atoms with Gasteiger partial charge in [0.15, 0.2) is 0 Å². The molecule has 1 rings (SSSR count). The van der Waals surface area contributed by atoms with Gasteiger partial charge < -0.3 is 15.8 Å². The van der Waals surface area contributed by atoms with Crippen LogP contribution in [-0.4, -0.2) is 12.6 Å². The molecule has 0 aliphatic rings. The zero-order chi connectivity index (χ0) is 12.7. The minimum atomic E-state index is -0.433.